The zero-order valence-electron chi connectivity index (χ0n) is 11.1. The lowest BCUT2D eigenvalue weighted by Gasteiger charge is -2.03. The summed E-state index contributed by atoms with van der Waals surface area (Å²) in [6.45, 7) is 2.85. The summed E-state index contributed by atoms with van der Waals surface area (Å²) in [5, 5.41) is 10.6. The molecule has 100 valence electrons. The van der Waals surface area contributed by atoms with Crippen LogP contribution >= 0.6 is 11.6 Å². The number of unbranched alkanes of at least 4 members (excludes halogenated alkanes) is 1. The first-order valence-electron chi connectivity index (χ1n) is 6.51. The van der Waals surface area contributed by atoms with Crippen LogP contribution in [-0.2, 0) is 13.0 Å². The van der Waals surface area contributed by atoms with Crippen LogP contribution in [0.25, 0.3) is 10.9 Å². The lowest BCUT2D eigenvalue weighted by atomic mass is 10.1. The molecular formula is C15H18ClN3. The second-order valence-corrected chi connectivity index (χ2v) is 5.39. The van der Waals surface area contributed by atoms with Crippen molar-refractivity contribution >= 4 is 22.5 Å². The highest BCUT2D eigenvalue weighted by atomic mass is 35.5. The number of aromatic nitrogens is 1. The fraction of sp³-hybridized carbons (Fsp3) is 0.400. The fourth-order valence-corrected chi connectivity index (χ4v) is 2.53. The van der Waals surface area contributed by atoms with Gasteiger partial charge in [0.2, 0.25) is 0 Å². The highest BCUT2D eigenvalue weighted by Crippen LogP contribution is 2.26. The SMILES string of the molecule is CC(N)Cc1cn(CCCC#N)c2cc(Cl)ccc12. The zero-order valence-corrected chi connectivity index (χ0v) is 11.8. The Bertz CT molecular complexity index is 608. The molecule has 0 bridgehead atoms. The molecule has 0 aliphatic rings. The van der Waals surface area contributed by atoms with E-state index in [-0.39, 0.29) is 6.04 Å². The van der Waals surface area contributed by atoms with Gasteiger partial charge in [0, 0.05) is 41.1 Å². The second-order valence-electron chi connectivity index (χ2n) is 4.95. The third-order valence-electron chi connectivity index (χ3n) is 3.16. The van der Waals surface area contributed by atoms with Crippen molar-refractivity contribution in [1.82, 2.24) is 4.57 Å². The van der Waals surface area contributed by atoms with Gasteiger partial charge in [0.1, 0.15) is 0 Å². The van der Waals surface area contributed by atoms with Gasteiger partial charge in [0.05, 0.1) is 6.07 Å². The van der Waals surface area contributed by atoms with Crippen LogP contribution in [0.2, 0.25) is 5.02 Å². The Hall–Kier alpha value is -1.50. The van der Waals surface area contributed by atoms with Crippen molar-refractivity contribution in [2.75, 3.05) is 0 Å². The standard InChI is InChI=1S/C15H18ClN3/c1-11(18)8-12-10-19(7-3-2-6-17)15-9-13(16)4-5-14(12)15/h4-5,9-11H,2-3,7-8,18H2,1H3. The smallest absolute Gasteiger partial charge is 0.0622 e. The maximum atomic E-state index is 8.63. The molecule has 1 aromatic carbocycles. The Morgan fingerprint density at radius 1 is 1.47 bits per heavy atom. The van der Waals surface area contributed by atoms with Crippen LogP contribution in [-0.4, -0.2) is 10.6 Å². The van der Waals surface area contributed by atoms with Crippen molar-refractivity contribution in [3.05, 3.63) is 35.0 Å². The third-order valence-corrected chi connectivity index (χ3v) is 3.39. The molecule has 4 heteroatoms. The maximum Gasteiger partial charge on any atom is 0.0622 e. The van der Waals surface area contributed by atoms with E-state index in [0.717, 1.165) is 29.9 Å². The van der Waals surface area contributed by atoms with E-state index in [1.807, 2.05) is 19.1 Å². The molecule has 3 nitrogen and oxygen atoms in total. The monoisotopic (exact) mass is 275 g/mol. The van der Waals surface area contributed by atoms with E-state index in [9.17, 15) is 0 Å². The topological polar surface area (TPSA) is 54.7 Å². The number of nitrogens with two attached hydrogens (primary N) is 1. The molecule has 2 aromatic rings. The van der Waals surface area contributed by atoms with Crippen LogP contribution in [0.4, 0.5) is 0 Å². The van der Waals surface area contributed by atoms with Gasteiger partial charge in [-0.2, -0.15) is 5.26 Å². The zero-order chi connectivity index (χ0) is 13.8. The summed E-state index contributed by atoms with van der Waals surface area (Å²) >= 11 is 6.08. The molecule has 0 fully saturated rings. The Morgan fingerprint density at radius 2 is 2.26 bits per heavy atom. The summed E-state index contributed by atoms with van der Waals surface area (Å²) in [7, 11) is 0. The first-order valence-corrected chi connectivity index (χ1v) is 6.89. The molecule has 0 saturated carbocycles. The average molecular weight is 276 g/mol. The largest absolute Gasteiger partial charge is 0.347 e. The molecule has 1 atom stereocenters. The summed E-state index contributed by atoms with van der Waals surface area (Å²) in [5.74, 6) is 0. The molecule has 0 aliphatic heterocycles. The molecule has 1 aromatic heterocycles. The molecule has 19 heavy (non-hydrogen) atoms. The molecule has 1 unspecified atom stereocenters. The minimum absolute atomic E-state index is 0.133. The van der Waals surface area contributed by atoms with E-state index >= 15 is 0 Å². The number of halogens is 1. The van der Waals surface area contributed by atoms with Gasteiger partial charge in [-0.15, -0.1) is 0 Å². The molecule has 1 heterocycles. The van der Waals surface area contributed by atoms with Gasteiger partial charge in [0.15, 0.2) is 0 Å². The Kier molecular flexibility index (Phi) is 4.47. The van der Waals surface area contributed by atoms with Gasteiger partial charge in [-0.3, -0.25) is 0 Å². The molecular weight excluding hydrogens is 258 g/mol. The van der Waals surface area contributed by atoms with E-state index in [4.69, 9.17) is 22.6 Å². The average Bonchev–Trinajstić information content (AvgIpc) is 2.67. The van der Waals surface area contributed by atoms with Crippen LogP contribution in [0, 0.1) is 11.3 Å². The Morgan fingerprint density at radius 3 is 2.95 bits per heavy atom. The third kappa shape index (κ3) is 3.28. The van der Waals surface area contributed by atoms with Crippen molar-refractivity contribution in [2.45, 2.75) is 38.8 Å². The van der Waals surface area contributed by atoms with Crippen molar-refractivity contribution in [1.29, 1.82) is 5.26 Å². The minimum atomic E-state index is 0.133. The fourth-order valence-electron chi connectivity index (χ4n) is 2.36. The predicted octanol–water partition coefficient (Wildman–Crippen LogP) is 3.49. The number of nitrogens with zero attached hydrogens (tertiary/aromatic N) is 2. The van der Waals surface area contributed by atoms with Crippen LogP contribution in [0.5, 0.6) is 0 Å². The molecule has 0 radical (unpaired) electrons. The summed E-state index contributed by atoms with van der Waals surface area (Å²) in [4.78, 5) is 0. The van der Waals surface area contributed by atoms with E-state index in [1.165, 1.54) is 10.9 Å². The van der Waals surface area contributed by atoms with Crippen LogP contribution in [0.15, 0.2) is 24.4 Å². The number of benzene rings is 1. The lowest BCUT2D eigenvalue weighted by Crippen LogP contribution is -2.17. The number of rotatable bonds is 5. The van der Waals surface area contributed by atoms with Crippen molar-refractivity contribution in [3.8, 4) is 6.07 Å². The number of fused-ring (bicyclic) bond motifs is 1. The summed E-state index contributed by atoms with van der Waals surface area (Å²) in [6, 6.07) is 8.25. The molecule has 2 rings (SSSR count). The Labute approximate surface area is 118 Å². The quantitative estimate of drug-likeness (QED) is 0.849. The van der Waals surface area contributed by atoms with Crippen LogP contribution < -0.4 is 5.73 Å². The number of hydrogen-bond acceptors (Lipinski definition) is 2. The van der Waals surface area contributed by atoms with E-state index in [1.54, 1.807) is 0 Å². The number of aryl methyl sites for hydroxylation is 1. The molecule has 0 saturated heterocycles. The summed E-state index contributed by atoms with van der Waals surface area (Å²) < 4.78 is 2.18. The van der Waals surface area contributed by atoms with E-state index < -0.39 is 0 Å². The normalized spacial score (nSPS) is 12.5. The second kappa shape index (κ2) is 6.10. The van der Waals surface area contributed by atoms with Gasteiger partial charge in [-0.05, 0) is 37.5 Å². The van der Waals surface area contributed by atoms with Crippen LogP contribution in [0.1, 0.15) is 25.3 Å². The van der Waals surface area contributed by atoms with Gasteiger partial charge < -0.3 is 10.3 Å². The van der Waals surface area contributed by atoms with Gasteiger partial charge in [-0.1, -0.05) is 17.7 Å². The summed E-state index contributed by atoms with van der Waals surface area (Å²) in [5.41, 5.74) is 8.27. The summed E-state index contributed by atoms with van der Waals surface area (Å²) in [6.07, 6.45) is 4.42. The number of nitriles is 1. The van der Waals surface area contributed by atoms with Crippen LogP contribution in [0.3, 0.4) is 0 Å². The first-order chi connectivity index (χ1) is 9.11. The highest BCUT2D eigenvalue weighted by Gasteiger charge is 2.10. The Balaban J connectivity index is 2.39. The molecule has 2 N–H and O–H groups in total. The molecule has 0 aliphatic carbocycles. The molecule has 0 spiro atoms. The van der Waals surface area contributed by atoms with Gasteiger partial charge >= 0.3 is 0 Å². The number of hydrogen-bond donors (Lipinski definition) is 1. The molecule has 0 amide bonds. The minimum Gasteiger partial charge on any atom is -0.347 e. The maximum absolute atomic E-state index is 8.63. The first kappa shape index (κ1) is 13.9. The van der Waals surface area contributed by atoms with E-state index in [2.05, 4.69) is 22.9 Å². The predicted molar refractivity (Wildman–Crippen MR) is 79.1 cm³/mol. The van der Waals surface area contributed by atoms with Gasteiger partial charge in [-0.25, -0.2) is 0 Å². The van der Waals surface area contributed by atoms with Crippen molar-refractivity contribution in [3.63, 3.8) is 0 Å². The van der Waals surface area contributed by atoms with Gasteiger partial charge in [0.25, 0.3) is 0 Å². The van der Waals surface area contributed by atoms with E-state index in [0.29, 0.717) is 6.42 Å². The highest BCUT2D eigenvalue weighted by molar-refractivity contribution is 6.31. The van der Waals surface area contributed by atoms with Crippen molar-refractivity contribution in [2.24, 2.45) is 5.73 Å². The lowest BCUT2D eigenvalue weighted by molar-refractivity contribution is 0.668. The van der Waals surface area contributed by atoms with Crippen molar-refractivity contribution < 1.29 is 0 Å².